The zero-order valence-electron chi connectivity index (χ0n) is 12.6. The Morgan fingerprint density at radius 1 is 0.800 bits per heavy atom. The van der Waals surface area contributed by atoms with Crippen molar-refractivity contribution in [3.05, 3.63) is 18.2 Å². The van der Waals surface area contributed by atoms with Gasteiger partial charge in [0, 0.05) is 18.2 Å². The van der Waals surface area contributed by atoms with E-state index in [0.29, 0.717) is 0 Å². The van der Waals surface area contributed by atoms with Gasteiger partial charge in [-0.15, -0.1) is 0 Å². The second-order valence-corrected chi connectivity index (χ2v) is 5.65. The maximum atomic E-state index is 12.5. The van der Waals surface area contributed by atoms with E-state index in [1.807, 2.05) is 0 Å². The molecule has 5 N–H and O–H groups in total. The van der Waals surface area contributed by atoms with Crippen LogP contribution in [0.2, 0.25) is 0 Å². The molecule has 0 aliphatic heterocycles. The van der Waals surface area contributed by atoms with E-state index >= 15 is 0 Å². The number of benzene rings is 1. The number of aliphatic carboxylic acids is 3. The van der Waals surface area contributed by atoms with Gasteiger partial charge in [-0.3, -0.25) is 19.2 Å². The van der Waals surface area contributed by atoms with Gasteiger partial charge in [-0.1, -0.05) is 0 Å². The predicted molar refractivity (Wildman–Crippen MR) is 77.0 cm³/mol. The number of esters is 1. The van der Waals surface area contributed by atoms with E-state index in [1.54, 1.807) is 0 Å². The summed E-state index contributed by atoms with van der Waals surface area (Å²) >= 11 is 0. The number of aromatic hydroxyl groups is 2. The molecule has 1 aromatic carbocycles. The van der Waals surface area contributed by atoms with Crippen molar-refractivity contribution in [1.29, 1.82) is 0 Å². The minimum atomic E-state index is -2.89. The number of carboxylic acid groups (broad SMARTS) is 3. The molecule has 1 aliphatic rings. The van der Waals surface area contributed by atoms with Gasteiger partial charge in [0.25, 0.3) is 0 Å². The van der Waals surface area contributed by atoms with Crippen molar-refractivity contribution in [2.45, 2.75) is 19.3 Å². The summed E-state index contributed by atoms with van der Waals surface area (Å²) in [5.41, 5.74) is -5.75. The normalized spacial score (nSPS) is 21.4. The van der Waals surface area contributed by atoms with E-state index in [1.165, 1.54) is 0 Å². The Bertz CT molecular complexity index is 733. The van der Waals surface area contributed by atoms with Gasteiger partial charge >= 0.3 is 23.9 Å². The number of rotatable bonds is 5. The number of phenols is 2. The smallest absolute Gasteiger partial charge is 0.330 e. The number of ether oxygens (including phenoxy) is 1. The van der Waals surface area contributed by atoms with Crippen LogP contribution in [0.1, 0.15) is 19.3 Å². The number of hydrogen-bond donors (Lipinski definition) is 5. The highest BCUT2D eigenvalue weighted by molar-refractivity contribution is 6.14. The van der Waals surface area contributed by atoms with Crippen LogP contribution in [0.3, 0.4) is 0 Å². The predicted octanol–water partition coefficient (Wildman–Crippen LogP) is 0.414. The maximum absolute atomic E-state index is 12.5. The quantitative estimate of drug-likeness (QED) is 0.282. The monoisotopic (exact) mass is 354 g/mol. The zero-order valence-corrected chi connectivity index (χ0v) is 12.6. The lowest BCUT2D eigenvalue weighted by Gasteiger charge is -2.34. The molecule has 0 radical (unpaired) electrons. The van der Waals surface area contributed by atoms with Gasteiger partial charge in [-0.25, -0.2) is 0 Å². The molecule has 1 atom stereocenters. The molecule has 10 heteroatoms. The number of hydrogen-bond acceptors (Lipinski definition) is 7. The lowest BCUT2D eigenvalue weighted by molar-refractivity contribution is -0.190. The summed E-state index contributed by atoms with van der Waals surface area (Å²) in [4.78, 5) is 47.6. The molecular weight excluding hydrogens is 340 g/mol. The van der Waals surface area contributed by atoms with Gasteiger partial charge in [0.2, 0.25) is 0 Å². The molecule has 0 heterocycles. The van der Waals surface area contributed by atoms with Crippen molar-refractivity contribution in [1.82, 2.24) is 0 Å². The SMILES string of the molecule is O=C(O)C1(C(=O)O)CCCC1(C(=O)O)C(=O)Oc1cc(O)cc(O)c1. The molecular formula is C15H14O10. The maximum Gasteiger partial charge on any atom is 0.330 e. The fourth-order valence-corrected chi connectivity index (χ4v) is 3.19. The summed E-state index contributed by atoms with van der Waals surface area (Å²) in [7, 11) is 0. The van der Waals surface area contributed by atoms with Crippen molar-refractivity contribution in [2.75, 3.05) is 0 Å². The molecule has 10 nitrogen and oxygen atoms in total. The first-order valence-corrected chi connectivity index (χ1v) is 7.03. The van der Waals surface area contributed by atoms with Gasteiger partial charge < -0.3 is 30.3 Å². The average Bonchev–Trinajstić information content (AvgIpc) is 2.88. The molecule has 0 amide bonds. The van der Waals surface area contributed by atoms with Crippen molar-refractivity contribution < 1.29 is 49.4 Å². The molecule has 1 aromatic rings. The van der Waals surface area contributed by atoms with Crippen LogP contribution >= 0.6 is 0 Å². The van der Waals surface area contributed by atoms with Crippen LogP contribution in [-0.4, -0.2) is 49.4 Å². The van der Waals surface area contributed by atoms with Crippen LogP contribution in [0.5, 0.6) is 17.2 Å². The fourth-order valence-electron chi connectivity index (χ4n) is 3.19. The van der Waals surface area contributed by atoms with Gasteiger partial charge in [0.15, 0.2) is 10.8 Å². The van der Waals surface area contributed by atoms with Gasteiger partial charge in [0.1, 0.15) is 17.2 Å². The Hall–Kier alpha value is -3.30. The fraction of sp³-hybridized carbons (Fsp3) is 0.333. The first-order valence-electron chi connectivity index (χ1n) is 7.03. The molecule has 1 saturated carbocycles. The third-order valence-corrected chi connectivity index (χ3v) is 4.36. The average molecular weight is 354 g/mol. The minimum absolute atomic E-state index is 0.134. The highest BCUT2D eigenvalue weighted by atomic mass is 16.5. The third kappa shape index (κ3) is 2.51. The molecule has 134 valence electrons. The molecule has 0 saturated heterocycles. The molecule has 0 spiro atoms. The zero-order chi connectivity index (χ0) is 19.0. The van der Waals surface area contributed by atoms with E-state index < -0.39 is 64.8 Å². The summed E-state index contributed by atoms with van der Waals surface area (Å²) in [6.07, 6.45) is -1.25. The molecule has 0 bridgehead atoms. The summed E-state index contributed by atoms with van der Waals surface area (Å²) < 4.78 is 4.81. The number of carbonyl (C=O) groups is 4. The lowest BCUT2D eigenvalue weighted by atomic mass is 9.65. The molecule has 1 unspecified atom stereocenters. The van der Waals surface area contributed by atoms with E-state index in [0.717, 1.165) is 18.2 Å². The van der Waals surface area contributed by atoms with Gasteiger partial charge in [0.05, 0.1) is 0 Å². The number of carbonyl (C=O) groups excluding carboxylic acids is 1. The van der Waals surface area contributed by atoms with Crippen LogP contribution in [0.4, 0.5) is 0 Å². The van der Waals surface area contributed by atoms with Crippen LogP contribution in [0.25, 0.3) is 0 Å². The van der Waals surface area contributed by atoms with E-state index in [2.05, 4.69) is 0 Å². The highest BCUT2D eigenvalue weighted by Gasteiger charge is 2.74. The molecule has 1 fully saturated rings. The van der Waals surface area contributed by atoms with Crippen molar-refractivity contribution >= 4 is 23.9 Å². The summed E-state index contributed by atoms with van der Waals surface area (Å²) in [5.74, 6) is -8.93. The minimum Gasteiger partial charge on any atom is -0.508 e. The number of phenolic OH excluding ortho intramolecular Hbond substituents is 2. The standard InChI is InChI=1S/C15H14O10/c16-7-4-8(17)6-9(5-7)25-13(24)15(12(22)23)3-1-2-14(15,10(18)19)11(20)21/h4-6,16-17H,1-3H2,(H,18,19)(H,20,21)(H,22,23). The van der Waals surface area contributed by atoms with Crippen LogP contribution in [-0.2, 0) is 19.2 Å². The van der Waals surface area contributed by atoms with Gasteiger partial charge in [-0.2, -0.15) is 0 Å². The molecule has 25 heavy (non-hydrogen) atoms. The Morgan fingerprint density at radius 3 is 1.68 bits per heavy atom. The van der Waals surface area contributed by atoms with E-state index in [9.17, 15) is 44.7 Å². The van der Waals surface area contributed by atoms with Crippen LogP contribution < -0.4 is 4.74 Å². The first kappa shape index (κ1) is 18.0. The highest BCUT2D eigenvalue weighted by Crippen LogP contribution is 2.54. The van der Waals surface area contributed by atoms with Crippen LogP contribution in [0, 0.1) is 10.8 Å². The Balaban J connectivity index is 2.56. The summed E-state index contributed by atoms with van der Waals surface area (Å²) in [6, 6.07) is 2.68. The largest absolute Gasteiger partial charge is 0.508 e. The number of carboxylic acids is 3. The van der Waals surface area contributed by atoms with Crippen molar-refractivity contribution in [3.8, 4) is 17.2 Å². The first-order chi connectivity index (χ1) is 11.6. The van der Waals surface area contributed by atoms with E-state index in [-0.39, 0.29) is 6.42 Å². The topological polar surface area (TPSA) is 179 Å². The molecule has 0 aromatic heterocycles. The Kier molecular flexibility index (Phi) is 4.31. The Labute approximate surface area is 139 Å². The second kappa shape index (κ2) is 5.96. The van der Waals surface area contributed by atoms with Crippen molar-refractivity contribution in [2.24, 2.45) is 10.8 Å². The second-order valence-electron chi connectivity index (χ2n) is 5.65. The third-order valence-electron chi connectivity index (χ3n) is 4.36. The van der Waals surface area contributed by atoms with Crippen LogP contribution in [0.15, 0.2) is 18.2 Å². The van der Waals surface area contributed by atoms with Crippen molar-refractivity contribution in [3.63, 3.8) is 0 Å². The Morgan fingerprint density at radius 2 is 1.24 bits per heavy atom. The van der Waals surface area contributed by atoms with E-state index in [4.69, 9.17) is 4.74 Å². The van der Waals surface area contributed by atoms with Gasteiger partial charge in [-0.05, 0) is 19.3 Å². The summed E-state index contributed by atoms with van der Waals surface area (Å²) in [6.45, 7) is 0. The lowest BCUT2D eigenvalue weighted by Crippen LogP contribution is -2.59. The molecule has 2 rings (SSSR count). The molecule has 1 aliphatic carbocycles. The summed E-state index contributed by atoms with van der Waals surface area (Å²) in [5, 5.41) is 47.0.